The molecular weight excluding hydrogens is 258 g/mol. The fourth-order valence-electron chi connectivity index (χ4n) is 1.95. The van der Waals surface area contributed by atoms with E-state index >= 15 is 0 Å². The van der Waals surface area contributed by atoms with Crippen molar-refractivity contribution in [2.75, 3.05) is 5.32 Å². The molecule has 0 amide bonds. The molecule has 98 valence electrons. The molecule has 0 bridgehead atoms. The summed E-state index contributed by atoms with van der Waals surface area (Å²) >= 11 is 6.03. The summed E-state index contributed by atoms with van der Waals surface area (Å²) in [6.07, 6.45) is 0. The number of Topliss-reactive ketones (excluding diaryl/α,β-unsaturated/α-hetero) is 1. The highest BCUT2D eigenvalue weighted by Gasteiger charge is 2.08. The number of hydrogen-bond acceptors (Lipinski definition) is 2. The van der Waals surface area contributed by atoms with Crippen molar-refractivity contribution in [2.24, 2.45) is 0 Å². The Morgan fingerprint density at radius 3 is 2.47 bits per heavy atom. The van der Waals surface area contributed by atoms with Gasteiger partial charge in [0.05, 0.1) is 0 Å². The largest absolute Gasteiger partial charge is 0.378 e. The summed E-state index contributed by atoms with van der Waals surface area (Å²) in [5.41, 5.74) is 2.66. The van der Waals surface area contributed by atoms with Gasteiger partial charge >= 0.3 is 0 Å². The van der Waals surface area contributed by atoms with E-state index < -0.39 is 0 Å². The van der Waals surface area contributed by atoms with Crippen molar-refractivity contribution in [3.8, 4) is 0 Å². The average Bonchev–Trinajstić information content (AvgIpc) is 2.39. The molecule has 2 nitrogen and oxygen atoms in total. The minimum absolute atomic E-state index is 0.0120. The summed E-state index contributed by atoms with van der Waals surface area (Å²) in [6.45, 7) is 3.61. The van der Waals surface area contributed by atoms with E-state index in [1.54, 1.807) is 6.07 Å². The Labute approximate surface area is 118 Å². The first-order valence-electron chi connectivity index (χ1n) is 6.19. The number of ketones is 1. The lowest BCUT2D eigenvalue weighted by Crippen LogP contribution is -2.07. The molecule has 0 aliphatic rings. The number of carbonyl (C=O) groups is 1. The van der Waals surface area contributed by atoms with E-state index in [9.17, 15) is 4.79 Å². The van der Waals surface area contributed by atoms with Crippen LogP contribution in [0.2, 0.25) is 5.02 Å². The molecule has 2 aromatic carbocycles. The second-order valence-electron chi connectivity index (χ2n) is 4.56. The van der Waals surface area contributed by atoms with Crippen molar-refractivity contribution >= 4 is 23.1 Å². The Hall–Kier alpha value is -1.80. The summed E-state index contributed by atoms with van der Waals surface area (Å²) in [5.74, 6) is 0.0120. The number of rotatable bonds is 4. The van der Waals surface area contributed by atoms with Crippen LogP contribution >= 0.6 is 11.6 Å². The average molecular weight is 274 g/mol. The fraction of sp³-hybridized carbons (Fsp3) is 0.188. The van der Waals surface area contributed by atoms with Gasteiger partial charge < -0.3 is 5.32 Å². The molecule has 0 aromatic heterocycles. The van der Waals surface area contributed by atoms with Gasteiger partial charge in [-0.2, -0.15) is 0 Å². The van der Waals surface area contributed by atoms with Gasteiger partial charge in [-0.15, -0.1) is 0 Å². The molecule has 0 radical (unpaired) electrons. The van der Waals surface area contributed by atoms with Crippen LogP contribution in [0, 0.1) is 0 Å². The molecule has 19 heavy (non-hydrogen) atoms. The highest BCUT2D eigenvalue weighted by atomic mass is 35.5. The van der Waals surface area contributed by atoms with E-state index in [-0.39, 0.29) is 11.8 Å². The number of anilines is 1. The van der Waals surface area contributed by atoms with Crippen molar-refractivity contribution in [3.63, 3.8) is 0 Å². The minimum atomic E-state index is 0.0120. The molecule has 0 spiro atoms. The minimum Gasteiger partial charge on any atom is -0.378 e. The monoisotopic (exact) mass is 273 g/mol. The van der Waals surface area contributed by atoms with Gasteiger partial charge in [0.25, 0.3) is 0 Å². The van der Waals surface area contributed by atoms with Crippen LogP contribution < -0.4 is 5.32 Å². The number of halogens is 1. The third-order valence-electron chi connectivity index (χ3n) is 2.99. The molecule has 1 N–H and O–H groups in total. The third kappa shape index (κ3) is 3.58. The van der Waals surface area contributed by atoms with Gasteiger partial charge in [0.1, 0.15) is 0 Å². The van der Waals surface area contributed by atoms with Gasteiger partial charge in [-0.1, -0.05) is 41.9 Å². The van der Waals surface area contributed by atoms with Crippen LogP contribution in [0.3, 0.4) is 0 Å². The molecule has 2 aromatic rings. The quantitative estimate of drug-likeness (QED) is 0.817. The molecule has 0 aliphatic heterocycles. The van der Waals surface area contributed by atoms with Gasteiger partial charge in [0.2, 0.25) is 0 Å². The maximum atomic E-state index is 11.4. The van der Waals surface area contributed by atoms with Gasteiger partial charge in [-0.25, -0.2) is 0 Å². The first-order chi connectivity index (χ1) is 9.06. The Morgan fingerprint density at radius 2 is 1.84 bits per heavy atom. The molecule has 0 saturated carbocycles. The van der Waals surface area contributed by atoms with E-state index in [2.05, 4.69) is 24.4 Å². The zero-order valence-electron chi connectivity index (χ0n) is 11.0. The molecule has 2 rings (SSSR count). The van der Waals surface area contributed by atoms with Gasteiger partial charge in [-0.05, 0) is 37.6 Å². The zero-order chi connectivity index (χ0) is 13.8. The summed E-state index contributed by atoms with van der Waals surface area (Å²) in [5, 5.41) is 3.92. The van der Waals surface area contributed by atoms with E-state index in [4.69, 9.17) is 11.6 Å². The second kappa shape index (κ2) is 5.89. The van der Waals surface area contributed by atoms with Gasteiger partial charge in [0, 0.05) is 22.3 Å². The van der Waals surface area contributed by atoms with Gasteiger partial charge in [0.15, 0.2) is 5.78 Å². The van der Waals surface area contributed by atoms with Crippen molar-refractivity contribution in [1.82, 2.24) is 0 Å². The Morgan fingerprint density at radius 1 is 1.16 bits per heavy atom. The number of carbonyl (C=O) groups excluding carboxylic acids is 1. The maximum Gasteiger partial charge on any atom is 0.159 e. The summed E-state index contributed by atoms with van der Waals surface area (Å²) in [6, 6.07) is 15.6. The summed E-state index contributed by atoms with van der Waals surface area (Å²) in [4.78, 5) is 11.4. The number of nitrogens with one attached hydrogen (secondary N) is 1. The molecule has 0 heterocycles. The third-order valence-corrected chi connectivity index (χ3v) is 3.21. The maximum absolute atomic E-state index is 11.4. The highest BCUT2D eigenvalue weighted by molar-refractivity contribution is 6.31. The fourth-order valence-corrected chi connectivity index (χ4v) is 2.19. The summed E-state index contributed by atoms with van der Waals surface area (Å²) < 4.78 is 0. The van der Waals surface area contributed by atoms with Crippen LogP contribution in [0.4, 0.5) is 5.69 Å². The molecule has 3 heteroatoms. The van der Waals surface area contributed by atoms with E-state index in [1.165, 1.54) is 12.5 Å². The van der Waals surface area contributed by atoms with Crippen molar-refractivity contribution in [1.29, 1.82) is 0 Å². The normalized spacial score (nSPS) is 11.9. The molecule has 0 fully saturated rings. The highest BCUT2D eigenvalue weighted by Crippen LogP contribution is 2.24. The Kier molecular flexibility index (Phi) is 4.23. The van der Waals surface area contributed by atoms with Crippen LogP contribution in [0.1, 0.15) is 35.8 Å². The van der Waals surface area contributed by atoms with E-state index in [1.807, 2.05) is 30.3 Å². The molecule has 0 saturated heterocycles. The first kappa shape index (κ1) is 13.6. The molecule has 1 unspecified atom stereocenters. The van der Waals surface area contributed by atoms with Crippen LogP contribution in [0.5, 0.6) is 0 Å². The lowest BCUT2D eigenvalue weighted by molar-refractivity contribution is 0.101. The van der Waals surface area contributed by atoms with Crippen LogP contribution in [0.15, 0.2) is 48.5 Å². The number of benzene rings is 2. The molecule has 1 atom stereocenters. The standard InChI is InChI=1S/C16H16ClNO/c1-11(13-6-4-3-5-7-13)18-16-9-14(12(2)19)8-15(17)10-16/h3-11,18H,1-2H3. The smallest absolute Gasteiger partial charge is 0.159 e. The number of hydrogen-bond donors (Lipinski definition) is 1. The van der Waals surface area contributed by atoms with E-state index in [0.29, 0.717) is 10.6 Å². The Bertz CT molecular complexity index is 581. The SMILES string of the molecule is CC(=O)c1cc(Cl)cc(NC(C)c2ccccc2)c1. The van der Waals surface area contributed by atoms with Crippen molar-refractivity contribution in [3.05, 3.63) is 64.7 Å². The second-order valence-corrected chi connectivity index (χ2v) is 5.00. The molecule has 0 aliphatic carbocycles. The van der Waals surface area contributed by atoms with E-state index in [0.717, 1.165) is 5.69 Å². The predicted octanol–water partition coefficient (Wildman–Crippen LogP) is 4.72. The Balaban J connectivity index is 2.21. The molecular formula is C16H16ClNO. The topological polar surface area (TPSA) is 29.1 Å². The lowest BCUT2D eigenvalue weighted by Gasteiger charge is -2.16. The first-order valence-corrected chi connectivity index (χ1v) is 6.57. The van der Waals surface area contributed by atoms with Gasteiger partial charge in [-0.3, -0.25) is 4.79 Å². The van der Waals surface area contributed by atoms with Crippen LogP contribution in [-0.4, -0.2) is 5.78 Å². The summed E-state index contributed by atoms with van der Waals surface area (Å²) in [7, 11) is 0. The van der Waals surface area contributed by atoms with Crippen molar-refractivity contribution in [2.45, 2.75) is 19.9 Å². The predicted molar refractivity (Wildman–Crippen MR) is 79.9 cm³/mol. The van der Waals surface area contributed by atoms with Crippen LogP contribution in [0.25, 0.3) is 0 Å². The lowest BCUT2D eigenvalue weighted by atomic mass is 10.1. The zero-order valence-corrected chi connectivity index (χ0v) is 11.7. The van der Waals surface area contributed by atoms with Crippen molar-refractivity contribution < 1.29 is 4.79 Å². The van der Waals surface area contributed by atoms with Crippen LogP contribution in [-0.2, 0) is 0 Å².